The average molecular weight is 294 g/mol. The summed E-state index contributed by atoms with van der Waals surface area (Å²) in [6.07, 6.45) is 3.54. The van der Waals surface area contributed by atoms with Crippen molar-refractivity contribution in [2.24, 2.45) is 5.73 Å². The van der Waals surface area contributed by atoms with Crippen LogP contribution in [0.5, 0.6) is 0 Å². The molecule has 2 aromatic heterocycles. The van der Waals surface area contributed by atoms with Gasteiger partial charge in [0.15, 0.2) is 0 Å². The number of rotatable bonds is 4. The van der Waals surface area contributed by atoms with Gasteiger partial charge < -0.3 is 11.1 Å². The summed E-state index contributed by atoms with van der Waals surface area (Å²) in [5, 5.41) is 4.27. The van der Waals surface area contributed by atoms with E-state index < -0.39 is 0 Å². The van der Waals surface area contributed by atoms with Crippen LogP contribution in [-0.4, -0.2) is 15.0 Å². The Labute approximate surface area is 128 Å². The third-order valence-corrected chi connectivity index (χ3v) is 3.42. The Bertz CT molecular complexity index is 787. The Hall–Kier alpha value is -2.53. The fourth-order valence-corrected chi connectivity index (χ4v) is 2.33. The van der Waals surface area contributed by atoms with Gasteiger partial charge in [0.1, 0.15) is 10.8 Å². The predicted molar refractivity (Wildman–Crippen MR) is 89.2 cm³/mol. The lowest BCUT2D eigenvalue weighted by Gasteiger charge is -2.10. The van der Waals surface area contributed by atoms with Gasteiger partial charge in [0.25, 0.3) is 0 Å². The number of nitrogens with two attached hydrogens (primary N) is 1. The molecule has 0 unspecified atom stereocenters. The number of aromatic nitrogens is 2. The van der Waals surface area contributed by atoms with E-state index in [9.17, 15) is 0 Å². The maximum Gasteiger partial charge on any atom is 0.127 e. The minimum Gasteiger partial charge on any atom is -0.389 e. The smallest absolute Gasteiger partial charge is 0.127 e. The molecule has 0 radical (unpaired) electrons. The molecule has 0 atom stereocenters. The molecule has 0 bridgehead atoms. The molecule has 2 heterocycles. The summed E-state index contributed by atoms with van der Waals surface area (Å²) in [4.78, 5) is 8.97. The summed E-state index contributed by atoms with van der Waals surface area (Å²) < 4.78 is 0. The second-order valence-electron chi connectivity index (χ2n) is 4.65. The van der Waals surface area contributed by atoms with Gasteiger partial charge >= 0.3 is 0 Å². The van der Waals surface area contributed by atoms with Gasteiger partial charge in [-0.3, -0.25) is 4.98 Å². The highest BCUT2D eigenvalue weighted by Gasteiger charge is 2.07. The molecule has 0 aliphatic carbocycles. The number of nitrogens with zero attached hydrogens (tertiary/aromatic N) is 2. The Morgan fingerprint density at radius 3 is 2.67 bits per heavy atom. The van der Waals surface area contributed by atoms with E-state index in [1.54, 1.807) is 12.4 Å². The van der Waals surface area contributed by atoms with Crippen molar-refractivity contribution in [3.63, 3.8) is 0 Å². The minimum atomic E-state index is 0.376. The van der Waals surface area contributed by atoms with E-state index in [1.165, 1.54) is 0 Å². The van der Waals surface area contributed by atoms with Gasteiger partial charge in [-0.05, 0) is 29.8 Å². The van der Waals surface area contributed by atoms with Crippen LogP contribution in [0.1, 0.15) is 11.1 Å². The maximum absolute atomic E-state index is 5.82. The topological polar surface area (TPSA) is 63.8 Å². The first-order valence-corrected chi connectivity index (χ1v) is 6.97. The summed E-state index contributed by atoms with van der Waals surface area (Å²) in [5.41, 5.74) is 8.68. The molecule has 0 aliphatic rings. The quantitative estimate of drug-likeness (QED) is 0.724. The largest absolute Gasteiger partial charge is 0.389 e. The molecule has 0 spiro atoms. The maximum atomic E-state index is 5.82. The lowest BCUT2D eigenvalue weighted by atomic mass is 10.1. The highest BCUT2D eigenvalue weighted by Crippen LogP contribution is 2.21. The minimum absolute atomic E-state index is 0.376. The zero-order valence-electron chi connectivity index (χ0n) is 11.3. The van der Waals surface area contributed by atoms with Gasteiger partial charge in [0.2, 0.25) is 0 Å². The van der Waals surface area contributed by atoms with Crippen molar-refractivity contribution in [3.05, 3.63) is 66.0 Å². The first-order chi connectivity index (χ1) is 10.2. The molecule has 0 aliphatic heterocycles. The number of fused-ring (bicyclic) bond motifs is 1. The second-order valence-corrected chi connectivity index (χ2v) is 5.09. The van der Waals surface area contributed by atoms with Crippen molar-refractivity contribution in [1.29, 1.82) is 0 Å². The van der Waals surface area contributed by atoms with E-state index in [0.717, 1.165) is 27.8 Å². The average Bonchev–Trinajstić information content (AvgIpc) is 2.53. The Kier molecular flexibility index (Phi) is 3.75. The number of benzene rings is 1. The van der Waals surface area contributed by atoms with Crippen molar-refractivity contribution in [3.8, 4) is 0 Å². The molecule has 0 saturated carbocycles. The van der Waals surface area contributed by atoms with Gasteiger partial charge in [0, 0.05) is 29.9 Å². The van der Waals surface area contributed by atoms with E-state index in [1.807, 2.05) is 42.5 Å². The van der Waals surface area contributed by atoms with Crippen LogP contribution in [0.4, 0.5) is 5.82 Å². The third kappa shape index (κ3) is 2.98. The van der Waals surface area contributed by atoms with Crippen LogP contribution in [-0.2, 0) is 6.54 Å². The van der Waals surface area contributed by atoms with Crippen LogP contribution in [0.2, 0.25) is 0 Å². The molecular formula is C16H14N4S. The van der Waals surface area contributed by atoms with Crippen LogP contribution in [0.3, 0.4) is 0 Å². The SMILES string of the molecule is NC(=S)c1cc(NCc2ccncc2)nc2ccccc12. The number of anilines is 1. The van der Waals surface area contributed by atoms with E-state index in [-0.39, 0.29) is 0 Å². The molecule has 5 heteroatoms. The number of nitrogens with one attached hydrogen (secondary N) is 1. The molecule has 1 aromatic carbocycles. The lowest BCUT2D eigenvalue weighted by molar-refractivity contribution is 1.10. The normalized spacial score (nSPS) is 10.5. The van der Waals surface area contributed by atoms with Gasteiger partial charge in [-0.25, -0.2) is 4.98 Å². The molecule has 21 heavy (non-hydrogen) atoms. The number of thiocarbonyl (C=S) groups is 1. The molecule has 0 amide bonds. The van der Waals surface area contributed by atoms with Gasteiger partial charge in [-0.2, -0.15) is 0 Å². The number of hydrogen-bond acceptors (Lipinski definition) is 4. The van der Waals surface area contributed by atoms with Gasteiger partial charge in [-0.15, -0.1) is 0 Å². The summed E-state index contributed by atoms with van der Waals surface area (Å²) in [6.45, 7) is 0.671. The lowest BCUT2D eigenvalue weighted by Crippen LogP contribution is -2.12. The third-order valence-electron chi connectivity index (χ3n) is 3.20. The van der Waals surface area contributed by atoms with Crippen molar-refractivity contribution in [1.82, 2.24) is 9.97 Å². The highest BCUT2D eigenvalue weighted by atomic mass is 32.1. The van der Waals surface area contributed by atoms with Gasteiger partial charge in [0.05, 0.1) is 5.52 Å². The van der Waals surface area contributed by atoms with E-state index in [0.29, 0.717) is 11.5 Å². The Morgan fingerprint density at radius 1 is 1.14 bits per heavy atom. The molecule has 3 aromatic rings. The van der Waals surface area contributed by atoms with Crippen LogP contribution in [0, 0.1) is 0 Å². The molecule has 3 rings (SSSR count). The molecule has 4 nitrogen and oxygen atoms in total. The van der Waals surface area contributed by atoms with Gasteiger partial charge in [-0.1, -0.05) is 30.4 Å². The van der Waals surface area contributed by atoms with Crippen LogP contribution >= 0.6 is 12.2 Å². The number of hydrogen-bond donors (Lipinski definition) is 2. The summed E-state index contributed by atoms with van der Waals surface area (Å²) in [7, 11) is 0. The first kappa shape index (κ1) is 13.5. The van der Waals surface area contributed by atoms with Crippen molar-refractivity contribution in [2.45, 2.75) is 6.54 Å². The molecule has 3 N–H and O–H groups in total. The van der Waals surface area contributed by atoms with E-state index in [4.69, 9.17) is 18.0 Å². The van der Waals surface area contributed by atoms with Crippen LogP contribution in [0.15, 0.2) is 54.9 Å². The number of para-hydroxylation sites is 1. The molecule has 0 fully saturated rings. The van der Waals surface area contributed by atoms with Crippen molar-refractivity contribution in [2.75, 3.05) is 5.32 Å². The van der Waals surface area contributed by atoms with Crippen LogP contribution in [0.25, 0.3) is 10.9 Å². The fourth-order valence-electron chi connectivity index (χ4n) is 2.16. The molecular weight excluding hydrogens is 280 g/mol. The summed E-state index contributed by atoms with van der Waals surface area (Å²) >= 11 is 5.14. The van der Waals surface area contributed by atoms with Crippen molar-refractivity contribution >= 4 is 33.9 Å². The Morgan fingerprint density at radius 2 is 1.90 bits per heavy atom. The van der Waals surface area contributed by atoms with E-state index in [2.05, 4.69) is 15.3 Å². The fraction of sp³-hybridized carbons (Fsp3) is 0.0625. The predicted octanol–water partition coefficient (Wildman–Crippen LogP) is 2.88. The molecule has 0 saturated heterocycles. The Balaban J connectivity index is 1.94. The standard InChI is InChI=1S/C16H14N4S/c17-16(21)13-9-15(19-10-11-5-7-18-8-6-11)20-14-4-2-1-3-12(13)14/h1-9H,10H2,(H2,17,21)(H,19,20). The van der Waals surface area contributed by atoms with Crippen LogP contribution < -0.4 is 11.1 Å². The second kappa shape index (κ2) is 5.85. The van der Waals surface area contributed by atoms with Crippen molar-refractivity contribution < 1.29 is 0 Å². The highest BCUT2D eigenvalue weighted by molar-refractivity contribution is 7.80. The monoisotopic (exact) mass is 294 g/mol. The molecule has 104 valence electrons. The summed E-state index contributed by atoms with van der Waals surface area (Å²) in [5.74, 6) is 0.758. The van der Waals surface area contributed by atoms with E-state index >= 15 is 0 Å². The number of pyridine rings is 2. The zero-order valence-corrected chi connectivity index (χ0v) is 12.1. The first-order valence-electron chi connectivity index (χ1n) is 6.56. The summed E-state index contributed by atoms with van der Waals surface area (Å²) in [6, 6.07) is 13.6. The zero-order chi connectivity index (χ0) is 14.7.